The summed E-state index contributed by atoms with van der Waals surface area (Å²) in [5.74, 6) is 0. The molecule has 0 bridgehead atoms. The van der Waals surface area contributed by atoms with Crippen LogP contribution in [0, 0.1) is 0 Å². The highest BCUT2D eigenvalue weighted by atomic mass is 32.1. The van der Waals surface area contributed by atoms with Crippen molar-refractivity contribution < 1.29 is 9.59 Å². The quantitative estimate of drug-likeness (QED) is 0.0563. The summed E-state index contributed by atoms with van der Waals surface area (Å²) < 4.78 is 0. The Balaban J connectivity index is 0.888. The molecule has 0 amide bonds. The Morgan fingerprint density at radius 3 is 1.18 bits per heavy atom. The van der Waals surface area contributed by atoms with Gasteiger partial charge in [-0.15, -0.1) is 90.7 Å². The summed E-state index contributed by atoms with van der Waals surface area (Å²) in [7, 11) is 0. The molecule has 0 saturated carbocycles. The lowest BCUT2D eigenvalue weighted by atomic mass is 10.0. The second-order valence-corrected chi connectivity index (χ2v) is 23.9. The molecule has 0 aliphatic rings. The minimum atomic E-state index is 0.529. The van der Waals surface area contributed by atoms with Crippen molar-refractivity contribution in [3.05, 3.63) is 131 Å². The molecule has 9 rings (SSSR count). The molecule has 1 aromatic carbocycles. The number of carbonyl (C=O) groups is 2. The molecular weight excluding hydrogens is 913 g/mol. The topological polar surface area (TPSA) is 34.1 Å². The van der Waals surface area contributed by atoms with E-state index < -0.39 is 0 Å². The molecule has 314 valence electrons. The SMILES string of the molecule is CCCCCCc1ccsc1-c1ccc(-c2ccc(-c3ccc(-c4ccc(-c5ccc(-c6ccc(-c7sc(-c8cc(C=O)cc(C=O)c8)cc7CCCCCC)s6)s5)s4)s3)s2)s1. The summed E-state index contributed by atoms with van der Waals surface area (Å²) in [6, 6.07) is 37.5. The molecule has 0 unspecified atom stereocenters. The maximum Gasteiger partial charge on any atom is 0.150 e. The van der Waals surface area contributed by atoms with Gasteiger partial charge < -0.3 is 0 Å². The molecule has 0 aliphatic heterocycles. The number of aldehydes is 2. The zero-order chi connectivity index (χ0) is 42.4. The highest BCUT2D eigenvalue weighted by Crippen LogP contribution is 2.49. The molecule has 9 aromatic rings. The Morgan fingerprint density at radius 2 is 0.758 bits per heavy atom. The van der Waals surface area contributed by atoms with Crippen LogP contribution in [0.5, 0.6) is 0 Å². The summed E-state index contributed by atoms with van der Waals surface area (Å²) in [5, 5.41) is 2.26. The van der Waals surface area contributed by atoms with E-state index in [4.69, 9.17) is 0 Å². The Morgan fingerprint density at radius 1 is 0.371 bits per heavy atom. The fourth-order valence-corrected chi connectivity index (χ4v) is 16.7. The Bertz CT molecular complexity index is 2880. The molecule has 0 radical (unpaired) electrons. The Hall–Kier alpha value is -3.84. The van der Waals surface area contributed by atoms with E-state index in [1.165, 1.54) is 131 Å². The maximum atomic E-state index is 11.7. The lowest BCUT2D eigenvalue weighted by molar-refractivity contribution is 0.112. The zero-order valence-electron chi connectivity index (χ0n) is 34.7. The van der Waals surface area contributed by atoms with Gasteiger partial charge in [0.05, 0.1) is 0 Å². The molecule has 0 atom stereocenters. The molecule has 2 nitrogen and oxygen atoms in total. The summed E-state index contributed by atoms with van der Waals surface area (Å²) in [4.78, 5) is 43.0. The lowest BCUT2D eigenvalue weighted by Crippen LogP contribution is -1.87. The average Bonchev–Trinajstić information content (AvgIpc) is 4.15. The normalized spacial score (nSPS) is 11.5. The summed E-state index contributed by atoms with van der Waals surface area (Å²) in [5.41, 5.74) is 4.84. The maximum absolute atomic E-state index is 11.7. The Kier molecular flexibility index (Phi) is 14.2. The van der Waals surface area contributed by atoms with Gasteiger partial charge in [0, 0.05) is 84.3 Å². The second-order valence-electron chi connectivity index (χ2n) is 15.5. The monoisotopic (exact) mass is 958 g/mol. The molecule has 0 spiro atoms. The van der Waals surface area contributed by atoms with Crippen molar-refractivity contribution in [2.45, 2.75) is 78.1 Å². The number of hydrogen-bond donors (Lipinski definition) is 0. The number of benzene rings is 1. The first-order valence-electron chi connectivity index (χ1n) is 21.4. The van der Waals surface area contributed by atoms with E-state index in [9.17, 15) is 9.59 Å². The number of hydrogen-bond acceptors (Lipinski definition) is 10. The molecule has 8 aromatic heterocycles. The van der Waals surface area contributed by atoms with Crippen LogP contribution in [0.2, 0.25) is 0 Å². The number of unbranched alkanes of at least 4 members (excludes halogenated alkanes) is 6. The third-order valence-electron chi connectivity index (χ3n) is 11.0. The van der Waals surface area contributed by atoms with Crippen LogP contribution in [-0.2, 0) is 12.8 Å². The summed E-state index contributed by atoms with van der Waals surface area (Å²) in [6.45, 7) is 4.53. The molecule has 8 heterocycles. The van der Waals surface area contributed by atoms with Crippen LogP contribution < -0.4 is 0 Å². The first-order chi connectivity index (χ1) is 30.5. The summed E-state index contributed by atoms with van der Waals surface area (Å²) in [6.07, 6.45) is 13.9. The largest absolute Gasteiger partial charge is 0.298 e. The van der Waals surface area contributed by atoms with Gasteiger partial charge in [-0.2, -0.15) is 0 Å². The van der Waals surface area contributed by atoms with Crippen molar-refractivity contribution in [1.82, 2.24) is 0 Å². The molecule has 62 heavy (non-hydrogen) atoms. The third kappa shape index (κ3) is 9.78. The Labute approximate surface area is 396 Å². The van der Waals surface area contributed by atoms with Gasteiger partial charge in [-0.1, -0.05) is 52.4 Å². The van der Waals surface area contributed by atoms with E-state index in [0.29, 0.717) is 11.1 Å². The second kappa shape index (κ2) is 20.3. The van der Waals surface area contributed by atoms with Crippen molar-refractivity contribution in [3.8, 4) is 78.7 Å². The van der Waals surface area contributed by atoms with Crippen LogP contribution in [0.3, 0.4) is 0 Å². The van der Waals surface area contributed by atoms with E-state index in [1.807, 2.05) is 91.5 Å². The first kappa shape index (κ1) is 43.4. The van der Waals surface area contributed by atoms with Crippen LogP contribution in [0.25, 0.3) is 78.7 Å². The van der Waals surface area contributed by atoms with Crippen molar-refractivity contribution in [3.63, 3.8) is 0 Å². The first-order valence-corrected chi connectivity index (χ1v) is 28.0. The summed E-state index contributed by atoms with van der Waals surface area (Å²) >= 11 is 15.0. The zero-order valence-corrected chi connectivity index (χ0v) is 41.2. The van der Waals surface area contributed by atoms with Gasteiger partial charge in [-0.3, -0.25) is 9.59 Å². The van der Waals surface area contributed by atoms with Crippen molar-refractivity contribution in [1.29, 1.82) is 0 Å². The molecule has 0 N–H and O–H groups in total. The predicted molar refractivity (Wildman–Crippen MR) is 279 cm³/mol. The van der Waals surface area contributed by atoms with E-state index >= 15 is 0 Å². The minimum Gasteiger partial charge on any atom is -0.298 e. The number of thiophene rings is 8. The van der Waals surface area contributed by atoms with Gasteiger partial charge in [0.25, 0.3) is 0 Å². The predicted octanol–water partition coefficient (Wildman–Crippen LogP) is 19.4. The molecular formula is C52H46O2S8. The van der Waals surface area contributed by atoms with Gasteiger partial charge in [0.15, 0.2) is 0 Å². The van der Waals surface area contributed by atoms with E-state index in [1.54, 1.807) is 17.4 Å². The van der Waals surface area contributed by atoms with E-state index in [2.05, 4.69) is 104 Å². The number of aryl methyl sites for hydroxylation is 2. The van der Waals surface area contributed by atoms with Gasteiger partial charge in [-0.25, -0.2) is 0 Å². The van der Waals surface area contributed by atoms with Crippen LogP contribution in [0.1, 0.15) is 97.1 Å². The molecule has 0 aliphatic carbocycles. The highest BCUT2D eigenvalue weighted by Gasteiger charge is 2.19. The molecule has 0 saturated heterocycles. The van der Waals surface area contributed by atoms with Gasteiger partial charge in [0.2, 0.25) is 0 Å². The van der Waals surface area contributed by atoms with E-state index in [-0.39, 0.29) is 0 Å². The van der Waals surface area contributed by atoms with Crippen molar-refractivity contribution >= 4 is 103 Å². The number of carbonyl (C=O) groups excluding carboxylic acids is 2. The van der Waals surface area contributed by atoms with Gasteiger partial charge >= 0.3 is 0 Å². The lowest BCUT2D eigenvalue weighted by Gasteiger charge is -2.02. The molecule has 0 fully saturated rings. The van der Waals surface area contributed by atoms with Crippen LogP contribution in [0.15, 0.2) is 109 Å². The van der Waals surface area contributed by atoms with Crippen LogP contribution in [-0.4, -0.2) is 12.6 Å². The van der Waals surface area contributed by atoms with Gasteiger partial charge in [-0.05, 0) is 151 Å². The molecule has 10 heteroatoms. The van der Waals surface area contributed by atoms with Crippen LogP contribution in [0.4, 0.5) is 0 Å². The van der Waals surface area contributed by atoms with Crippen LogP contribution >= 0.6 is 90.7 Å². The van der Waals surface area contributed by atoms with Gasteiger partial charge in [0.1, 0.15) is 12.6 Å². The fraction of sp³-hybridized carbons (Fsp3) is 0.231. The fourth-order valence-electron chi connectivity index (χ4n) is 7.75. The minimum absolute atomic E-state index is 0.529. The highest BCUT2D eigenvalue weighted by molar-refractivity contribution is 7.31. The number of rotatable bonds is 20. The standard InChI is InChI=1S/C52H46O2S8/c1-3-5-7-9-11-35-25-26-55-51(35)48-23-21-46(60-48)44-19-17-42(58-44)40-15-13-38(56-40)39-14-16-41(57-39)43-18-20-45(59-43)47-22-24-49(61-47)52-36(12-10-8-6-4-2)30-50(62-52)37-28-33(31-53)27-34(29-37)32-54/h13-32H,3-12H2,1-2H3. The third-order valence-corrected chi connectivity index (χ3v) is 21.0. The smallest absolute Gasteiger partial charge is 0.150 e. The van der Waals surface area contributed by atoms with E-state index in [0.717, 1.165) is 35.9 Å². The average molecular weight is 959 g/mol. The van der Waals surface area contributed by atoms with Crippen molar-refractivity contribution in [2.75, 3.05) is 0 Å². The van der Waals surface area contributed by atoms with Crippen molar-refractivity contribution in [2.24, 2.45) is 0 Å².